The predicted molar refractivity (Wildman–Crippen MR) is 70.6 cm³/mol. The van der Waals surface area contributed by atoms with E-state index in [0.29, 0.717) is 5.92 Å². The molecule has 1 aromatic carbocycles. The van der Waals surface area contributed by atoms with Gasteiger partial charge in [0.2, 0.25) is 5.91 Å². The molecule has 3 N–H and O–H groups in total. The molecule has 0 aromatic heterocycles. The molecule has 0 saturated carbocycles. The lowest BCUT2D eigenvalue weighted by Gasteiger charge is -2.15. The van der Waals surface area contributed by atoms with E-state index in [-0.39, 0.29) is 11.9 Å². The smallest absolute Gasteiger partial charge is 0.239 e. The van der Waals surface area contributed by atoms with Crippen LogP contribution in [0.15, 0.2) is 24.3 Å². The van der Waals surface area contributed by atoms with Gasteiger partial charge in [-0.1, -0.05) is 45.0 Å². The normalized spacial score (nSPS) is 12.7. The summed E-state index contributed by atoms with van der Waals surface area (Å²) < 4.78 is 0. The van der Waals surface area contributed by atoms with Crippen LogP contribution in [0.1, 0.15) is 37.9 Å². The third-order valence-corrected chi connectivity index (χ3v) is 2.65. The highest BCUT2D eigenvalue weighted by molar-refractivity contribution is 5.81. The summed E-state index contributed by atoms with van der Waals surface area (Å²) in [4.78, 5) is 11.3. The zero-order valence-electron chi connectivity index (χ0n) is 10.9. The Kier molecular flexibility index (Phi) is 5.16. The molecule has 17 heavy (non-hydrogen) atoms. The second-order valence-electron chi connectivity index (χ2n) is 4.73. The van der Waals surface area contributed by atoms with Gasteiger partial charge in [-0.3, -0.25) is 4.79 Å². The molecule has 0 aliphatic rings. The van der Waals surface area contributed by atoms with Gasteiger partial charge in [0, 0.05) is 0 Å². The van der Waals surface area contributed by atoms with Crippen molar-refractivity contribution in [2.75, 3.05) is 6.54 Å². The number of amides is 1. The maximum absolute atomic E-state index is 11.3. The number of benzene rings is 1. The summed E-state index contributed by atoms with van der Waals surface area (Å²) in [5, 5.41) is 3.08. The van der Waals surface area contributed by atoms with Crippen molar-refractivity contribution in [3.63, 3.8) is 0 Å². The number of hydrogen-bond acceptors (Lipinski definition) is 2. The van der Waals surface area contributed by atoms with E-state index in [1.54, 1.807) is 0 Å². The van der Waals surface area contributed by atoms with Crippen molar-refractivity contribution in [1.82, 2.24) is 5.32 Å². The minimum Gasteiger partial charge on any atom is -0.368 e. The number of nitrogens with one attached hydrogen (secondary N) is 1. The Bertz CT molecular complexity index is 357. The van der Waals surface area contributed by atoms with E-state index in [1.165, 1.54) is 5.56 Å². The van der Waals surface area contributed by atoms with E-state index in [2.05, 4.69) is 31.3 Å². The maximum atomic E-state index is 11.3. The molecular weight excluding hydrogens is 212 g/mol. The van der Waals surface area contributed by atoms with Gasteiger partial charge < -0.3 is 11.1 Å². The topological polar surface area (TPSA) is 55.1 Å². The average molecular weight is 234 g/mol. The van der Waals surface area contributed by atoms with E-state index in [1.807, 2.05) is 19.1 Å². The molecule has 0 bridgehead atoms. The summed E-state index contributed by atoms with van der Waals surface area (Å²) in [6.07, 6.45) is 1.06. The Hall–Kier alpha value is -1.35. The number of nitrogens with two attached hydrogens (primary N) is 1. The largest absolute Gasteiger partial charge is 0.368 e. The van der Waals surface area contributed by atoms with Gasteiger partial charge in [0.1, 0.15) is 6.04 Å². The van der Waals surface area contributed by atoms with Crippen LogP contribution in [0.4, 0.5) is 0 Å². The van der Waals surface area contributed by atoms with Crippen LogP contribution in [0.5, 0.6) is 0 Å². The first kappa shape index (κ1) is 13.7. The first-order valence-corrected chi connectivity index (χ1v) is 6.16. The molecule has 3 nitrogen and oxygen atoms in total. The molecule has 1 unspecified atom stereocenters. The van der Waals surface area contributed by atoms with Crippen LogP contribution in [0.2, 0.25) is 0 Å². The molecule has 94 valence electrons. The minimum absolute atomic E-state index is 0.330. The molecule has 1 rings (SSSR count). The highest BCUT2D eigenvalue weighted by Gasteiger charge is 2.15. The summed E-state index contributed by atoms with van der Waals surface area (Å²) in [6, 6.07) is 7.73. The highest BCUT2D eigenvalue weighted by Crippen LogP contribution is 2.15. The number of primary amides is 1. The summed E-state index contributed by atoms with van der Waals surface area (Å²) >= 11 is 0. The molecule has 0 aliphatic carbocycles. The van der Waals surface area contributed by atoms with Crippen molar-refractivity contribution in [3.8, 4) is 0 Å². The molecule has 1 atom stereocenters. The van der Waals surface area contributed by atoms with Crippen molar-refractivity contribution in [3.05, 3.63) is 35.4 Å². The van der Waals surface area contributed by atoms with Crippen LogP contribution in [0.25, 0.3) is 0 Å². The zero-order chi connectivity index (χ0) is 12.8. The fourth-order valence-electron chi connectivity index (χ4n) is 1.90. The van der Waals surface area contributed by atoms with Gasteiger partial charge in [-0.15, -0.1) is 0 Å². The molecule has 0 aliphatic heterocycles. The molecular formula is C14H22N2O. The molecule has 0 radical (unpaired) electrons. The lowest BCUT2D eigenvalue weighted by atomic mass is 9.99. The SMILES string of the molecule is CCNC(C(N)=O)c1ccc(CC(C)C)cc1. The maximum Gasteiger partial charge on any atom is 0.239 e. The Morgan fingerprint density at radius 3 is 2.29 bits per heavy atom. The van der Waals surface area contributed by atoms with E-state index in [9.17, 15) is 4.79 Å². The standard InChI is InChI=1S/C14H22N2O/c1-4-16-13(14(15)17)12-7-5-11(6-8-12)9-10(2)3/h5-8,10,13,16H,4,9H2,1-3H3,(H2,15,17). The summed E-state index contributed by atoms with van der Waals surface area (Å²) in [5.41, 5.74) is 7.60. The van der Waals surface area contributed by atoms with Gasteiger partial charge in [0.05, 0.1) is 0 Å². The van der Waals surface area contributed by atoms with E-state index in [4.69, 9.17) is 5.73 Å². The summed E-state index contributed by atoms with van der Waals surface area (Å²) in [7, 11) is 0. The molecule has 1 aromatic rings. The highest BCUT2D eigenvalue weighted by atomic mass is 16.1. The van der Waals surface area contributed by atoms with Crippen molar-refractivity contribution >= 4 is 5.91 Å². The monoisotopic (exact) mass is 234 g/mol. The van der Waals surface area contributed by atoms with Gasteiger partial charge in [-0.05, 0) is 30.0 Å². The second kappa shape index (κ2) is 6.40. The molecule has 0 spiro atoms. The molecule has 1 amide bonds. The number of carbonyl (C=O) groups excluding carboxylic acids is 1. The van der Waals surface area contributed by atoms with Crippen molar-refractivity contribution in [1.29, 1.82) is 0 Å². The Morgan fingerprint density at radius 1 is 1.29 bits per heavy atom. The number of carbonyl (C=O) groups is 1. The minimum atomic E-state index is -0.381. The third-order valence-electron chi connectivity index (χ3n) is 2.65. The zero-order valence-corrected chi connectivity index (χ0v) is 10.9. The Morgan fingerprint density at radius 2 is 1.88 bits per heavy atom. The number of hydrogen-bond donors (Lipinski definition) is 2. The van der Waals surface area contributed by atoms with Gasteiger partial charge in [-0.2, -0.15) is 0 Å². The quantitative estimate of drug-likeness (QED) is 0.791. The van der Waals surface area contributed by atoms with E-state index in [0.717, 1.165) is 18.5 Å². The van der Waals surface area contributed by atoms with Gasteiger partial charge in [0.15, 0.2) is 0 Å². The van der Waals surface area contributed by atoms with Crippen LogP contribution >= 0.6 is 0 Å². The van der Waals surface area contributed by atoms with Crippen LogP contribution in [-0.4, -0.2) is 12.5 Å². The van der Waals surface area contributed by atoms with Crippen molar-refractivity contribution < 1.29 is 4.79 Å². The average Bonchev–Trinajstić information content (AvgIpc) is 2.26. The van der Waals surface area contributed by atoms with Crippen LogP contribution in [-0.2, 0) is 11.2 Å². The van der Waals surface area contributed by atoms with E-state index < -0.39 is 0 Å². The van der Waals surface area contributed by atoms with Crippen LogP contribution < -0.4 is 11.1 Å². The van der Waals surface area contributed by atoms with Crippen molar-refractivity contribution in [2.45, 2.75) is 33.2 Å². The molecule has 0 fully saturated rings. The third kappa shape index (κ3) is 4.19. The van der Waals surface area contributed by atoms with Gasteiger partial charge >= 0.3 is 0 Å². The lowest BCUT2D eigenvalue weighted by molar-refractivity contribution is -0.120. The Balaban J connectivity index is 2.80. The summed E-state index contributed by atoms with van der Waals surface area (Å²) in [5.74, 6) is 0.310. The van der Waals surface area contributed by atoms with Crippen LogP contribution in [0.3, 0.4) is 0 Å². The fourth-order valence-corrected chi connectivity index (χ4v) is 1.90. The predicted octanol–water partition coefficient (Wildman–Crippen LogP) is 2.02. The van der Waals surface area contributed by atoms with Gasteiger partial charge in [-0.25, -0.2) is 0 Å². The number of likely N-dealkylation sites (N-methyl/N-ethyl adjacent to an activating group) is 1. The lowest BCUT2D eigenvalue weighted by Crippen LogP contribution is -2.33. The van der Waals surface area contributed by atoms with Crippen molar-refractivity contribution in [2.24, 2.45) is 11.7 Å². The fraction of sp³-hybridized carbons (Fsp3) is 0.500. The first-order chi connectivity index (χ1) is 8.04. The summed E-state index contributed by atoms with van der Waals surface area (Å²) in [6.45, 7) is 7.07. The first-order valence-electron chi connectivity index (χ1n) is 6.16. The number of rotatable bonds is 6. The molecule has 0 heterocycles. The van der Waals surface area contributed by atoms with Crippen LogP contribution in [0, 0.1) is 5.92 Å². The second-order valence-corrected chi connectivity index (χ2v) is 4.73. The molecule has 3 heteroatoms. The molecule has 0 saturated heterocycles. The van der Waals surface area contributed by atoms with E-state index >= 15 is 0 Å². The Labute approximate surface area is 103 Å². The van der Waals surface area contributed by atoms with Gasteiger partial charge in [0.25, 0.3) is 0 Å².